The summed E-state index contributed by atoms with van der Waals surface area (Å²) >= 11 is 0. The number of hydrogen-bond donors (Lipinski definition) is 1. The molecule has 0 saturated carbocycles. The quantitative estimate of drug-likeness (QED) is 0.670. The van der Waals surface area contributed by atoms with Crippen molar-refractivity contribution in [3.05, 3.63) is 65.5 Å². The Morgan fingerprint density at radius 2 is 1.81 bits per heavy atom. The Labute approximate surface area is 153 Å². The number of rotatable bonds is 8. The molecule has 2 heterocycles. The van der Waals surface area contributed by atoms with Crippen LogP contribution in [0, 0.1) is 0 Å². The smallest absolute Gasteiger partial charge is 0.352 e. The van der Waals surface area contributed by atoms with Crippen LogP contribution in [0.2, 0.25) is 0 Å². The molecule has 1 N–H and O–H groups in total. The Bertz CT molecular complexity index is 878. The first kappa shape index (κ1) is 17.9. The predicted molar refractivity (Wildman–Crippen MR) is 99.8 cm³/mol. The van der Waals surface area contributed by atoms with Crippen LogP contribution >= 0.6 is 0 Å². The molecule has 136 valence electrons. The summed E-state index contributed by atoms with van der Waals surface area (Å²) in [4.78, 5) is 15.9. The van der Waals surface area contributed by atoms with Crippen molar-refractivity contribution in [1.82, 2.24) is 19.3 Å². The number of aromatic nitrogens is 4. The van der Waals surface area contributed by atoms with Crippen LogP contribution in [0.15, 0.2) is 42.6 Å². The summed E-state index contributed by atoms with van der Waals surface area (Å²) in [6.07, 6.45) is 5.64. The number of carboxylic acids is 1. The van der Waals surface area contributed by atoms with Gasteiger partial charge in [-0.15, -0.1) is 0 Å². The monoisotopic (exact) mass is 352 g/mol. The third-order valence-electron chi connectivity index (χ3n) is 4.25. The molecule has 0 aliphatic carbocycles. The topological polar surface area (TPSA) is 72.9 Å². The molecule has 3 rings (SSSR count). The average Bonchev–Trinajstić information content (AvgIpc) is 3.24. The number of hydrogen-bond acceptors (Lipinski definition) is 3. The summed E-state index contributed by atoms with van der Waals surface area (Å²) in [5.41, 5.74) is 2.20. The van der Waals surface area contributed by atoms with Crippen LogP contribution < -0.4 is 0 Å². The van der Waals surface area contributed by atoms with E-state index < -0.39 is 5.97 Å². The Morgan fingerprint density at radius 1 is 1.08 bits per heavy atom. The van der Waals surface area contributed by atoms with Crippen molar-refractivity contribution in [2.24, 2.45) is 0 Å². The number of benzene rings is 1. The minimum absolute atomic E-state index is 0.253. The molecule has 26 heavy (non-hydrogen) atoms. The molecule has 6 nitrogen and oxygen atoms in total. The zero-order valence-corrected chi connectivity index (χ0v) is 15.2. The largest absolute Gasteiger partial charge is 0.477 e. The average molecular weight is 352 g/mol. The molecule has 1 aromatic carbocycles. The SMILES string of the molecule is CCCc1nc(CCC)n(Cc2ccc(-n3cccc3C(=O)O)cc2)n1. The van der Waals surface area contributed by atoms with E-state index in [1.54, 1.807) is 22.9 Å². The van der Waals surface area contributed by atoms with Gasteiger partial charge in [-0.2, -0.15) is 5.10 Å². The molecule has 0 fully saturated rings. The van der Waals surface area contributed by atoms with Crippen molar-refractivity contribution >= 4 is 5.97 Å². The number of carbonyl (C=O) groups is 1. The van der Waals surface area contributed by atoms with Crippen molar-refractivity contribution in [3.8, 4) is 5.69 Å². The van der Waals surface area contributed by atoms with E-state index in [4.69, 9.17) is 0 Å². The zero-order valence-electron chi connectivity index (χ0n) is 15.2. The van der Waals surface area contributed by atoms with Gasteiger partial charge in [-0.1, -0.05) is 26.0 Å². The van der Waals surface area contributed by atoms with Gasteiger partial charge in [0.25, 0.3) is 0 Å². The van der Waals surface area contributed by atoms with Crippen molar-refractivity contribution in [2.45, 2.75) is 46.1 Å². The van der Waals surface area contributed by atoms with E-state index in [1.807, 2.05) is 28.9 Å². The maximum Gasteiger partial charge on any atom is 0.352 e. The minimum Gasteiger partial charge on any atom is -0.477 e. The van der Waals surface area contributed by atoms with E-state index in [1.165, 1.54) is 0 Å². The maximum atomic E-state index is 11.3. The van der Waals surface area contributed by atoms with Gasteiger partial charge in [0.1, 0.15) is 11.5 Å². The molecule has 0 spiro atoms. The molecule has 0 amide bonds. The second kappa shape index (κ2) is 7.99. The fourth-order valence-corrected chi connectivity index (χ4v) is 3.01. The van der Waals surface area contributed by atoms with Crippen molar-refractivity contribution < 1.29 is 9.90 Å². The Kier molecular flexibility index (Phi) is 5.51. The maximum absolute atomic E-state index is 11.3. The molecule has 0 atom stereocenters. The third kappa shape index (κ3) is 3.85. The highest BCUT2D eigenvalue weighted by molar-refractivity contribution is 5.86. The number of aromatic carboxylic acids is 1. The number of carboxylic acid groups (broad SMARTS) is 1. The van der Waals surface area contributed by atoms with Crippen LogP contribution in [-0.2, 0) is 19.4 Å². The van der Waals surface area contributed by atoms with E-state index in [0.717, 1.165) is 48.6 Å². The summed E-state index contributed by atoms with van der Waals surface area (Å²) < 4.78 is 3.66. The fraction of sp³-hybridized carbons (Fsp3) is 0.350. The van der Waals surface area contributed by atoms with Crippen molar-refractivity contribution in [3.63, 3.8) is 0 Å². The molecule has 0 saturated heterocycles. The van der Waals surface area contributed by atoms with Gasteiger partial charge < -0.3 is 9.67 Å². The molecule has 0 unspecified atom stereocenters. The van der Waals surface area contributed by atoms with Crippen LogP contribution in [0.5, 0.6) is 0 Å². The standard InChI is InChI=1S/C20H24N4O2/c1-3-6-18-21-19(7-4-2)24(22-18)14-15-9-11-16(12-10-15)23-13-5-8-17(23)20(25)26/h5,8-13H,3-4,6-7,14H2,1-2H3,(H,25,26). The van der Waals surface area contributed by atoms with Crippen LogP contribution in [0.1, 0.15) is 54.4 Å². The molecule has 0 bridgehead atoms. The van der Waals surface area contributed by atoms with Gasteiger partial charge in [0.2, 0.25) is 0 Å². The van der Waals surface area contributed by atoms with Crippen LogP contribution in [0.25, 0.3) is 5.69 Å². The molecular formula is C20H24N4O2. The lowest BCUT2D eigenvalue weighted by Gasteiger charge is -2.09. The first-order chi connectivity index (χ1) is 12.6. The summed E-state index contributed by atoms with van der Waals surface area (Å²) in [6, 6.07) is 11.2. The Hall–Kier alpha value is -2.89. The van der Waals surface area contributed by atoms with Gasteiger partial charge in [-0.25, -0.2) is 14.5 Å². The van der Waals surface area contributed by atoms with Crippen LogP contribution in [0.3, 0.4) is 0 Å². The van der Waals surface area contributed by atoms with E-state index in [9.17, 15) is 9.90 Å². The van der Waals surface area contributed by atoms with Gasteiger partial charge in [0.05, 0.1) is 6.54 Å². The van der Waals surface area contributed by atoms with E-state index in [0.29, 0.717) is 6.54 Å². The van der Waals surface area contributed by atoms with Crippen molar-refractivity contribution in [2.75, 3.05) is 0 Å². The van der Waals surface area contributed by atoms with Gasteiger partial charge in [0, 0.05) is 24.7 Å². The molecular weight excluding hydrogens is 328 g/mol. The molecule has 6 heteroatoms. The minimum atomic E-state index is -0.936. The lowest BCUT2D eigenvalue weighted by molar-refractivity contribution is 0.0688. The first-order valence-corrected chi connectivity index (χ1v) is 9.05. The van der Waals surface area contributed by atoms with Gasteiger partial charge in [0.15, 0.2) is 5.82 Å². The highest BCUT2D eigenvalue weighted by Crippen LogP contribution is 2.15. The first-order valence-electron chi connectivity index (χ1n) is 9.05. The van der Waals surface area contributed by atoms with Crippen LogP contribution in [0.4, 0.5) is 0 Å². The van der Waals surface area contributed by atoms with Crippen LogP contribution in [-0.4, -0.2) is 30.4 Å². The zero-order chi connectivity index (χ0) is 18.5. The fourth-order valence-electron chi connectivity index (χ4n) is 3.01. The van der Waals surface area contributed by atoms with Crippen molar-refractivity contribution in [1.29, 1.82) is 0 Å². The normalized spacial score (nSPS) is 11.0. The third-order valence-corrected chi connectivity index (χ3v) is 4.25. The predicted octanol–water partition coefficient (Wildman–Crippen LogP) is 3.72. The van der Waals surface area contributed by atoms with Gasteiger partial charge in [-0.05, 0) is 42.7 Å². The molecule has 3 aromatic rings. The summed E-state index contributed by atoms with van der Waals surface area (Å²) in [5, 5.41) is 13.9. The van der Waals surface area contributed by atoms with E-state index in [2.05, 4.69) is 23.9 Å². The van der Waals surface area contributed by atoms with E-state index >= 15 is 0 Å². The Balaban J connectivity index is 1.81. The van der Waals surface area contributed by atoms with Gasteiger partial charge in [-0.3, -0.25) is 0 Å². The van der Waals surface area contributed by atoms with Gasteiger partial charge >= 0.3 is 5.97 Å². The molecule has 0 aliphatic rings. The van der Waals surface area contributed by atoms with E-state index in [-0.39, 0.29) is 5.69 Å². The molecule has 0 radical (unpaired) electrons. The lowest BCUT2D eigenvalue weighted by atomic mass is 10.2. The summed E-state index contributed by atoms with van der Waals surface area (Å²) in [5.74, 6) is 0.999. The second-order valence-electron chi connectivity index (χ2n) is 6.34. The second-order valence-corrected chi connectivity index (χ2v) is 6.34. The highest BCUT2D eigenvalue weighted by Gasteiger charge is 2.11. The molecule has 2 aromatic heterocycles. The Morgan fingerprint density at radius 3 is 2.46 bits per heavy atom. The summed E-state index contributed by atoms with van der Waals surface area (Å²) in [7, 11) is 0. The highest BCUT2D eigenvalue weighted by atomic mass is 16.4. The molecule has 0 aliphatic heterocycles. The summed E-state index contributed by atoms with van der Waals surface area (Å²) in [6.45, 7) is 4.94. The number of aryl methyl sites for hydroxylation is 2. The lowest BCUT2D eigenvalue weighted by Crippen LogP contribution is -2.08. The number of nitrogens with zero attached hydrogens (tertiary/aromatic N) is 4.